The van der Waals surface area contributed by atoms with Crippen LogP contribution in [0.25, 0.3) is 0 Å². The second kappa shape index (κ2) is 7.45. The summed E-state index contributed by atoms with van der Waals surface area (Å²) in [5, 5.41) is 3.39. The predicted molar refractivity (Wildman–Crippen MR) is 82.1 cm³/mol. The van der Waals surface area contributed by atoms with Gasteiger partial charge in [-0.1, -0.05) is 0 Å². The van der Waals surface area contributed by atoms with Crippen molar-refractivity contribution in [3.05, 3.63) is 18.3 Å². The Balaban J connectivity index is 1.27. The Labute approximate surface area is 130 Å². The maximum Gasteiger partial charge on any atom is 0.257 e. The molecule has 3 rings (SSSR count). The zero-order valence-corrected chi connectivity index (χ0v) is 12.8. The van der Waals surface area contributed by atoms with Crippen molar-refractivity contribution in [2.75, 3.05) is 32.8 Å². The third kappa shape index (κ3) is 3.88. The van der Waals surface area contributed by atoms with Crippen LogP contribution < -0.4 is 14.8 Å². The Bertz CT molecular complexity index is 509. The first-order valence-electron chi connectivity index (χ1n) is 8.06. The molecule has 1 amide bonds. The molecule has 0 bridgehead atoms. The second-order valence-electron chi connectivity index (χ2n) is 5.75. The highest BCUT2D eigenvalue weighted by molar-refractivity contribution is 5.77. The van der Waals surface area contributed by atoms with Crippen LogP contribution in [0, 0.1) is 0 Å². The van der Waals surface area contributed by atoms with Crippen LogP contribution in [0.3, 0.4) is 0 Å². The van der Waals surface area contributed by atoms with Crippen molar-refractivity contribution in [2.45, 2.75) is 31.8 Å². The maximum atomic E-state index is 11.5. The van der Waals surface area contributed by atoms with Gasteiger partial charge in [-0.2, -0.15) is 0 Å². The molecule has 6 heteroatoms. The van der Waals surface area contributed by atoms with Gasteiger partial charge in [0.2, 0.25) is 5.91 Å². The third-order valence-corrected chi connectivity index (χ3v) is 4.01. The molecule has 120 valence electrons. The molecule has 0 spiro atoms. The molecule has 0 aromatic carbocycles. The van der Waals surface area contributed by atoms with E-state index in [2.05, 4.69) is 10.3 Å². The first kappa shape index (κ1) is 15.1. The Morgan fingerprint density at radius 1 is 1.41 bits per heavy atom. The molecule has 0 aliphatic carbocycles. The van der Waals surface area contributed by atoms with E-state index in [9.17, 15) is 4.79 Å². The minimum atomic E-state index is 0.00237. The number of amides is 1. The Hall–Kier alpha value is -1.82. The van der Waals surface area contributed by atoms with E-state index in [0.717, 1.165) is 51.9 Å². The highest BCUT2D eigenvalue weighted by Gasteiger charge is 2.21. The van der Waals surface area contributed by atoms with Gasteiger partial charge in [0.25, 0.3) is 5.88 Å². The number of rotatable bonds is 7. The topological polar surface area (TPSA) is 63.7 Å². The molecule has 1 atom stereocenters. The van der Waals surface area contributed by atoms with Crippen molar-refractivity contribution in [1.82, 2.24) is 15.2 Å². The van der Waals surface area contributed by atoms with Crippen LogP contribution in [0.4, 0.5) is 0 Å². The minimum Gasteiger partial charge on any atom is -0.484 e. The van der Waals surface area contributed by atoms with Crippen molar-refractivity contribution in [2.24, 2.45) is 0 Å². The number of pyridine rings is 1. The zero-order valence-electron chi connectivity index (χ0n) is 12.8. The molecule has 1 aromatic rings. The van der Waals surface area contributed by atoms with Crippen LogP contribution in [0.1, 0.15) is 25.7 Å². The lowest BCUT2D eigenvalue weighted by molar-refractivity contribution is -0.127. The number of fused-ring (bicyclic) bond motifs is 1. The number of nitrogens with one attached hydrogen (secondary N) is 1. The van der Waals surface area contributed by atoms with Gasteiger partial charge in [-0.3, -0.25) is 4.79 Å². The van der Waals surface area contributed by atoms with Gasteiger partial charge in [0, 0.05) is 32.3 Å². The van der Waals surface area contributed by atoms with Crippen molar-refractivity contribution in [1.29, 1.82) is 0 Å². The number of nitrogens with zero attached hydrogens (tertiary/aromatic N) is 2. The molecule has 2 aliphatic heterocycles. The van der Waals surface area contributed by atoms with Gasteiger partial charge in [-0.25, -0.2) is 4.98 Å². The van der Waals surface area contributed by atoms with Gasteiger partial charge < -0.3 is 19.7 Å². The van der Waals surface area contributed by atoms with Crippen LogP contribution in [-0.4, -0.2) is 54.7 Å². The number of carbonyl (C=O) groups excluding carboxylic acids is 1. The smallest absolute Gasteiger partial charge is 0.257 e. The lowest BCUT2D eigenvalue weighted by Gasteiger charge is -2.25. The number of aromatic nitrogens is 1. The van der Waals surface area contributed by atoms with E-state index in [4.69, 9.17) is 9.47 Å². The molecule has 1 unspecified atom stereocenters. The quantitative estimate of drug-likeness (QED) is 0.767. The summed E-state index contributed by atoms with van der Waals surface area (Å²) in [4.78, 5) is 17.6. The van der Waals surface area contributed by atoms with Gasteiger partial charge in [0.05, 0.1) is 0 Å². The summed E-state index contributed by atoms with van der Waals surface area (Å²) in [7, 11) is 0. The fourth-order valence-electron chi connectivity index (χ4n) is 2.81. The molecular formula is C16H23N3O3. The van der Waals surface area contributed by atoms with E-state index in [1.165, 1.54) is 0 Å². The number of carbonyl (C=O) groups is 1. The van der Waals surface area contributed by atoms with E-state index < -0.39 is 0 Å². The highest BCUT2D eigenvalue weighted by Crippen LogP contribution is 2.27. The number of hydrogen-bond acceptors (Lipinski definition) is 5. The van der Waals surface area contributed by atoms with Crippen LogP contribution in [-0.2, 0) is 4.79 Å². The third-order valence-electron chi connectivity index (χ3n) is 4.01. The second-order valence-corrected chi connectivity index (χ2v) is 5.75. The predicted octanol–water partition coefficient (Wildman–Crippen LogP) is 1.21. The highest BCUT2D eigenvalue weighted by atomic mass is 16.6. The summed E-state index contributed by atoms with van der Waals surface area (Å²) in [6.45, 7) is 4.05. The normalized spacial score (nSPS) is 20.5. The van der Waals surface area contributed by atoms with Crippen LogP contribution >= 0.6 is 0 Å². The summed E-state index contributed by atoms with van der Waals surface area (Å²) in [5.74, 6) is 1.61. The molecule has 0 saturated carbocycles. The van der Waals surface area contributed by atoms with Gasteiger partial charge in [-0.05, 0) is 37.9 Å². The SMILES string of the molecule is O=C1CCCN1CCCCNCC1COc2cccnc2O1. The van der Waals surface area contributed by atoms with Gasteiger partial charge in [0.1, 0.15) is 12.7 Å². The minimum absolute atomic E-state index is 0.00237. The maximum absolute atomic E-state index is 11.5. The van der Waals surface area contributed by atoms with Crippen molar-refractivity contribution in [3.63, 3.8) is 0 Å². The molecule has 2 aliphatic rings. The molecule has 1 fully saturated rings. The molecule has 6 nitrogen and oxygen atoms in total. The van der Waals surface area contributed by atoms with Gasteiger partial charge in [0.15, 0.2) is 5.75 Å². The monoisotopic (exact) mass is 305 g/mol. The number of ether oxygens (including phenoxy) is 2. The summed E-state index contributed by atoms with van der Waals surface area (Å²) < 4.78 is 11.4. The Morgan fingerprint density at radius 2 is 2.36 bits per heavy atom. The van der Waals surface area contributed by atoms with Crippen LogP contribution in [0.5, 0.6) is 11.6 Å². The lowest BCUT2D eigenvalue weighted by atomic mass is 10.2. The van der Waals surface area contributed by atoms with Crippen LogP contribution in [0.15, 0.2) is 18.3 Å². The average Bonchev–Trinajstić information content (AvgIpc) is 2.96. The average molecular weight is 305 g/mol. The fourth-order valence-corrected chi connectivity index (χ4v) is 2.81. The summed E-state index contributed by atoms with van der Waals surface area (Å²) in [5.41, 5.74) is 0. The van der Waals surface area contributed by atoms with E-state index in [1.807, 2.05) is 17.0 Å². The molecular weight excluding hydrogens is 282 g/mol. The fraction of sp³-hybridized carbons (Fsp3) is 0.625. The number of unbranched alkanes of at least 4 members (excludes halogenated alkanes) is 1. The molecule has 1 saturated heterocycles. The molecule has 1 N–H and O–H groups in total. The van der Waals surface area contributed by atoms with Crippen molar-refractivity contribution < 1.29 is 14.3 Å². The number of likely N-dealkylation sites (tertiary alicyclic amines) is 1. The standard InChI is InChI=1S/C16H23N3O3/c20-15-6-4-10-19(15)9-2-1-7-17-11-13-12-21-14-5-3-8-18-16(14)22-13/h3,5,8,13,17H,1-2,4,6-7,9-12H2. The Morgan fingerprint density at radius 3 is 3.23 bits per heavy atom. The van der Waals surface area contributed by atoms with E-state index in [0.29, 0.717) is 24.1 Å². The lowest BCUT2D eigenvalue weighted by Crippen LogP contribution is -2.39. The first-order valence-corrected chi connectivity index (χ1v) is 8.06. The van der Waals surface area contributed by atoms with E-state index >= 15 is 0 Å². The van der Waals surface area contributed by atoms with E-state index in [-0.39, 0.29) is 6.10 Å². The zero-order chi connectivity index (χ0) is 15.2. The van der Waals surface area contributed by atoms with Gasteiger partial charge in [-0.15, -0.1) is 0 Å². The van der Waals surface area contributed by atoms with Crippen molar-refractivity contribution in [3.8, 4) is 11.6 Å². The first-order chi connectivity index (χ1) is 10.8. The van der Waals surface area contributed by atoms with Crippen LogP contribution in [0.2, 0.25) is 0 Å². The largest absolute Gasteiger partial charge is 0.484 e. The molecule has 1 aromatic heterocycles. The molecule has 3 heterocycles. The molecule has 22 heavy (non-hydrogen) atoms. The summed E-state index contributed by atoms with van der Waals surface area (Å²) in [6.07, 6.45) is 5.57. The number of hydrogen-bond donors (Lipinski definition) is 1. The van der Waals surface area contributed by atoms with E-state index in [1.54, 1.807) is 6.20 Å². The Kier molecular flexibility index (Phi) is 5.11. The summed E-state index contributed by atoms with van der Waals surface area (Å²) in [6, 6.07) is 3.71. The summed E-state index contributed by atoms with van der Waals surface area (Å²) >= 11 is 0. The van der Waals surface area contributed by atoms with Gasteiger partial charge >= 0.3 is 0 Å². The van der Waals surface area contributed by atoms with Crippen molar-refractivity contribution >= 4 is 5.91 Å². The molecule has 0 radical (unpaired) electrons.